The highest BCUT2D eigenvalue weighted by Gasteiger charge is 2.17. The molecule has 0 radical (unpaired) electrons. The number of hydrogen-bond acceptors (Lipinski definition) is 4. The summed E-state index contributed by atoms with van der Waals surface area (Å²) in [5, 5.41) is 7.64. The zero-order chi connectivity index (χ0) is 21.5. The Morgan fingerprint density at radius 3 is 2.74 bits per heavy atom. The van der Waals surface area contributed by atoms with Gasteiger partial charge in [-0.2, -0.15) is 5.10 Å². The minimum atomic E-state index is -0.367. The van der Waals surface area contributed by atoms with Crippen molar-refractivity contribution in [2.24, 2.45) is 0 Å². The van der Waals surface area contributed by atoms with E-state index < -0.39 is 0 Å². The van der Waals surface area contributed by atoms with E-state index in [1.165, 1.54) is 19.3 Å². The maximum absolute atomic E-state index is 13.0. The van der Waals surface area contributed by atoms with Crippen LogP contribution in [-0.4, -0.2) is 30.2 Å². The van der Waals surface area contributed by atoms with Crippen LogP contribution in [0.5, 0.6) is 0 Å². The van der Waals surface area contributed by atoms with Crippen molar-refractivity contribution in [3.63, 3.8) is 0 Å². The predicted molar refractivity (Wildman–Crippen MR) is 121 cm³/mol. The summed E-state index contributed by atoms with van der Waals surface area (Å²) in [5.74, 6) is 1.31. The number of nitrogens with zero attached hydrogens (tertiary/aromatic N) is 5. The lowest BCUT2D eigenvalue weighted by Crippen LogP contribution is -2.16. The van der Waals surface area contributed by atoms with Crippen LogP contribution in [0.15, 0.2) is 36.4 Å². The quantitative estimate of drug-likeness (QED) is 0.499. The maximum atomic E-state index is 13.0. The van der Waals surface area contributed by atoms with Crippen molar-refractivity contribution in [3.05, 3.63) is 64.3 Å². The summed E-state index contributed by atoms with van der Waals surface area (Å²) in [5.41, 5.74) is 4.64. The summed E-state index contributed by atoms with van der Waals surface area (Å²) < 4.78 is 4.00. The number of benzene rings is 1. The molecule has 158 valence electrons. The number of fused-ring (bicyclic) bond motifs is 3. The molecule has 5 rings (SSSR count). The molecule has 0 saturated carbocycles. The van der Waals surface area contributed by atoms with Crippen LogP contribution in [0, 0.1) is 13.8 Å². The second-order valence-corrected chi connectivity index (χ2v) is 8.39. The topological polar surface area (TPSA) is 77.6 Å². The summed E-state index contributed by atoms with van der Waals surface area (Å²) in [6.45, 7) is 4.85. The predicted octanol–water partition coefficient (Wildman–Crippen LogP) is 4.87. The summed E-state index contributed by atoms with van der Waals surface area (Å²) in [6.07, 6.45) is 4.58. The molecule has 0 spiro atoms. The van der Waals surface area contributed by atoms with Gasteiger partial charge in [-0.25, -0.2) is 14.6 Å². The van der Waals surface area contributed by atoms with E-state index in [9.17, 15) is 4.79 Å². The smallest absolute Gasteiger partial charge is 0.275 e. The largest absolute Gasteiger partial charge is 0.328 e. The highest BCUT2D eigenvalue weighted by Crippen LogP contribution is 2.25. The van der Waals surface area contributed by atoms with Gasteiger partial charge in [-0.05, 0) is 63.1 Å². The summed E-state index contributed by atoms with van der Waals surface area (Å²) in [4.78, 5) is 22.2. The first-order chi connectivity index (χ1) is 15.0. The van der Waals surface area contributed by atoms with E-state index in [1.807, 2.05) is 38.1 Å². The molecule has 0 fully saturated rings. The Morgan fingerprint density at radius 1 is 1.06 bits per heavy atom. The van der Waals surface area contributed by atoms with Gasteiger partial charge in [-0.15, -0.1) is 0 Å². The Balaban J connectivity index is 1.44. The Morgan fingerprint density at radius 2 is 1.94 bits per heavy atom. The number of nitrogens with one attached hydrogen (secondary N) is 1. The van der Waals surface area contributed by atoms with Crippen molar-refractivity contribution >= 4 is 34.2 Å². The molecule has 1 N–H and O–H groups in total. The Labute approximate surface area is 185 Å². The van der Waals surface area contributed by atoms with Crippen LogP contribution in [0.2, 0.25) is 5.02 Å². The Kier molecular flexibility index (Phi) is 4.98. The first-order valence-electron chi connectivity index (χ1n) is 10.5. The number of imidazole rings is 1. The zero-order valence-electron chi connectivity index (χ0n) is 17.5. The van der Waals surface area contributed by atoms with Gasteiger partial charge in [-0.1, -0.05) is 18.0 Å². The van der Waals surface area contributed by atoms with E-state index in [0.29, 0.717) is 11.5 Å². The zero-order valence-corrected chi connectivity index (χ0v) is 18.3. The normalized spacial score (nSPS) is 13.8. The third kappa shape index (κ3) is 3.70. The van der Waals surface area contributed by atoms with Gasteiger partial charge in [0.05, 0.1) is 21.7 Å². The molecule has 1 aliphatic rings. The van der Waals surface area contributed by atoms with Crippen LogP contribution in [-0.2, 0) is 13.0 Å². The highest BCUT2D eigenvalue weighted by molar-refractivity contribution is 6.34. The fourth-order valence-corrected chi connectivity index (χ4v) is 4.38. The lowest BCUT2D eigenvalue weighted by molar-refractivity contribution is 0.102. The van der Waals surface area contributed by atoms with Gasteiger partial charge < -0.3 is 9.88 Å². The van der Waals surface area contributed by atoms with E-state index in [0.717, 1.165) is 41.2 Å². The number of halogens is 1. The molecule has 0 atom stereocenters. The summed E-state index contributed by atoms with van der Waals surface area (Å²) >= 11 is 6.30. The lowest BCUT2D eigenvalue weighted by Gasteiger charge is -2.09. The van der Waals surface area contributed by atoms with Crippen LogP contribution in [0.1, 0.15) is 47.0 Å². The van der Waals surface area contributed by atoms with Gasteiger partial charge in [0, 0.05) is 24.3 Å². The molecule has 4 heterocycles. The third-order valence-corrected chi connectivity index (χ3v) is 5.95. The first kappa shape index (κ1) is 19.8. The average molecular weight is 435 g/mol. The van der Waals surface area contributed by atoms with Gasteiger partial charge in [0.25, 0.3) is 5.91 Å². The number of aryl methyl sites for hydroxylation is 4. The molecule has 1 aromatic carbocycles. The molecule has 1 amide bonds. The van der Waals surface area contributed by atoms with Crippen molar-refractivity contribution in [2.75, 3.05) is 5.32 Å². The van der Waals surface area contributed by atoms with Crippen LogP contribution >= 0.6 is 11.6 Å². The SMILES string of the molecule is Cc1cc(C)n(-c2ccc(Cl)c(C(=O)Nc3ccc4c(c3)nc3n4CCCCC3)n2)n1. The fourth-order valence-electron chi connectivity index (χ4n) is 4.19. The monoisotopic (exact) mass is 434 g/mol. The number of amides is 1. The summed E-state index contributed by atoms with van der Waals surface area (Å²) in [6, 6.07) is 11.2. The second-order valence-electron chi connectivity index (χ2n) is 7.99. The van der Waals surface area contributed by atoms with E-state index >= 15 is 0 Å². The number of aromatic nitrogens is 5. The fraction of sp³-hybridized carbons (Fsp3) is 0.304. The molecular formula is C23H23ClN6O. The molecule has 1 aliphatic heterocycles. The Hall–Kier alpha value is -3.19. The van der Waals surface area contributed by atoms with Crippen LogP contribution < -0.4 is 5.32 Å². The van der Waals surface area contributed by atoms with Crippen LogP contribution in [0.25, 0.3) is 16.9 Å². The number of hydrogen-bond donors (Lipinski definition) is 1. The molecule has 31 heavy (non-hydrogen) atoms. The van der Waals surface area contributed by atoms with Crippen LogP contribution in [0.3, 0.4) is 0 Å². The molecule has 8 heteroatoms. The van der Waals surface area contributed by atoms with Gasteiger partial charge >= 0.3 is 0 Å². The van der Waals surface area contributed by atoms with E-state index in [4.69, 9.17) is 16.6 Å². The van der Waals surface area contributed by atoms with Crippen molar-refractivity contribution < 1.29 is 4.79 Å². The number of carbonyl (C=O) groups excluding carboxylic acids is 1. The minimum absolute atomic E-state index is 0.160. The summed E-state index contributed by atoms with van der Waals surface area (Å²) in [7, 11) is 0. The number of pyridine rings is 1. The molecular weight excluding hydrogens is 412 g/mol. The van der Waals surface area contributed by atoms with Crippen molar-refractivity contribution in [1.82, 2.24) is 24.3 Å². The molecule has 0 aliphatic carbocycles. The third-order valence-electron chi connectivity index (χ3n) is 5.64. The van der Waals surface area contributed by atoms with E-state index in [1.54, 1.807) is 16.8 Å². The van der Waals surface area contributed by atoms with Crippen molar-refractivity contribution in [3.8, 4) is 5.82 Å². The maximum Gasteiger partial charge on any atom is 0.275 e. The molecule has 3 aromatic heterocycles. The standard InChI is InChI=1S/C23H23ClN6O/c1-14-12-15(2)30(28-14)21-10-8-17(24)22(27-21)23(31)25-16-7-9-19-18(13-16)26-20-6-4-3-5-11-29(19)20/h7-10,12-13H,3-6,11H2,1-2H3,(H,25,31). The highest BCUT2D eigenvalue weighted by atomic mass is 35.5. The lowest BCUT2D eigenvalue weighted by atomic mass is 10.2. The number of carbonyl (C=O) groups is 1. The minimum Gasteiger partial charge on any atom is -0.328 e. The molecule has 4 aromatic rings. The van der Waals surface area contributed by atoms with Gasteiger partial charge in [0.15, 0.2) is 5.82 Å². The second kappa shape index (κ2) is 7.81. The molecule has 0 bridgehead atoms. The van der Waals surface area contributed by atoms with Crippen molar-refractivity contribution in [2.45, 2.75) is 46.1 Å². The molecule has 0 saturated heterocycles. The number of anilines is 1. The average Bonchev–Trinajstić information content (AvgIpc) is 3.16. The Bertz CT molecular complexity index is 1310. The van der Waals surface area contributed by atoms with E-state index in [-0.39, 0.29) is 16.6 Å². The molecule has 0 unspecified atom stereocenters. The van der Waals surface area contributed by atoms with Crippen LogP contribution in [0.4, 0.5) is 5.69 Å². The molecule has 7 nitrogen and oxygen atoms in total. The van der Waals surface area contributed by atoms with E-state index in [2.05, 4.69) is 20.0 Å². The van der Waals surface area contributed by atoms with Gasteiger partial charge in [-0.3, -0.25) is 4.79 Å². The van der Waals surface area contributed by atoms with Gasteiger partial charge in [0.2, 0.25) is 0 Å². The van der Waals surface area contributed by atoms with Gasteiger partial charge in [0.1, 0.15) is 11.5 Å². The first-order valence-corrected chi connectivity index (χ1v) is 10.9. The van der Waals surface area contributed by atoms with Crippen molar-refractivity contribution in [1.29, 1.82) is 0 Å². The number of rotatable bonds is 3.